The molecule has 4 nitrogen and oxygen atoms in total. The lowest BCUT2D eigenvalue weighted by Gasteiger charge is -2.16. The van der Waals surface area contributed by atoms with Crippen LogP contribution in [-0.2, 0) is 4.79 Å². The Labute approximate surface area is 111 Å². The Morgan fingerprint density at radius 2 is 2.06 bits per heavy atom. The third-order valence-electron chi connectivity index (χ3n) is 3.89. The third kappa shape index (κ3) is 5.36. The van der Waals surface area contributed by atoms with Crippen LogP contribution in [0.5, 0.6) is 0 Å². The van der Waals surface area contributed by atoms with Gasteiger partial charge in [-0.25, -0.2) is 0 Å². The summed E-state index contributed by atoms with van der Waals surface area (Å²) in [4.78, 5) is 14.2. The minimum Gasteiger partial charge on any atom is -0.352 e. The molecule has 1 atom stereocenters. The van der Waals surface area contributed by atoms with Crippen molar-refractivity contribution in [2.45, 2.75) is 46.1 Å². The molecule has 1 unspecified atom stereocenters. The summed E-state index contributed by atoms with van der Waals surface area (Å²) in [7, 11) is 0. The zero-order valence-electron chi connectivity index (χ0n) is 12.2. The second-order valence-corrected chi connectivity index (χ2v) is 5.26. The van der Waals surface area contributed by atoms with Crippen molar-refractivity contribution >= 4 is 5.91 Å². The monoisotopic (exact) mass is 255 g/mol. The number of nitrogens with zero attached hydrogens (tertiary/aromatic N) is 1. The lowest BCUT2D eigenvalue weighted by molar-refractivity contribution is -0.121. The summed E-state index contributed by atoms with van der Waals surface area (Å²) in [6.45, 7) is 11.4. The fraction of sp³-hybridized carbons (Fsp3) is 0.929. The first-order valence-electron chi connectivity index (χ1n) is 7.41. The van der Waals surface area contributed by atoms with Crippen LogP contribution >= 0.6 is 0 Å². The molecule has 106 valence electrons. The molecule has 18 heavy (non-hydrogen) atoms. The van der Waals surface area contributed by atoms with E-state index in [0.29, 0.717) is 18.5 Å². The molecule has 0 aromatic rings. The smallest absolute Gasteiger partial charge is 0.234 e. The minimum atomic E-state index is 0.133. The number of hydrogen-bond acceptors (Lipinski definition) is 3. The number of likely N-dealkylation sites (tertiary alicyclic amines) is 1. The van der Waals surface area contributed by atoms with Gasteiger partial charge in [0.05, 0.1) is 6.54 Å². The average Bonchev–Trinajstić information content (AvgIpc) is 2.84. The first kappa shape index (κ1) is 15.4. The highest BCUT2D eigenvalue weighted by Crippen LogP contribution is 2.14. The first-order chi connectivity index (χ1) is 8.69. The molecule has 0 aromatic heterocycles. The van der Waals surface area contributed by atoms with E-state index in [-0.39, 0.29) is 5.91 Å². The van der Waals surface area contributed by atoms with E-state index in [1.807, 2.05) is 0 Å². The summed E-state index contributed by atoms with van der Waals surface area (Å²) < 4.78 is 0. The van der Waals surface area contributed by atoms with E-state index in [0.717, 1.165) is 25.9 Å². The fourth-order valence-electron chi connectivity index (χ4n) is 2.53. The fourth-order valence-corrected chi connectivity index (χ4v) is 2.53. The van der Waals surface area contributed by atoms with E-state index >= 15 is 0 Å². The number of amides is 1. The van der Waals surface area contributed by atoms with Gasteiger partial charge in [-0.05, 0) is 44.8 Å². The molecule has 0 radical (unpaired) electrons. The Balaban J connectivity index is 2.09. The Morgan fingerprint density at radius 1 is 1.33 bits per heavy atom. The van der Waals surface area contributed by atoms with Crippen LogP contribution in [-0.4, -0.2) is 49.6 Å². The minimum absolute atomic E-state index is 0.133. The van der Waals surface area contributed by atoms with Gasteiger partial charge in [0.1, 0.15) is 0 Å². The Hall–Kier alpha value is -0.610. The van der Waals surface area contributed by atoms with Crippen molar-refractivity contribution in [1.29, 1.82) is 0 Å². The topological polar surface area (TPSA) is 44.4 Å². The van der Waals surface area contributed by atoms with Crippen molar-refractivity contribution in [2.75, 3.05) is 32.7 Å². The van der Waals surface area contributed by atoms with E-state index in [1.165, 1.54) is 19.5 Å². The maximum absolute atomic E-state index is 11.7. The number of carbonyl (C=O) groups excluding carboxylic acids is 1. The molecule has 0 aromatic carbocycles. The molecule has 4 heteroatoms. The molecule has 0 spiro atoms. The largest absolute Gasteiger partial charge is 0.352 e. The van der Waals surface area contributed by atoms with Gasteiger partial charge in [0.2, 0.25) is 5.91 Å². The molecule has 1 saturated heterocycles. The van der Waals surface area contributed by atoms with Gasteiger partial charge in [-0.15, -0.1) is 0 Å². The summed E-state index contributed by atoms with van der Waals surface area (Å²) in [6, 6.07) is 0.335. The molecular formula is C14H29N3O. The van der Waals surface area contributed by atoms with E-state index in [9.17, 15) is 4.79 Å². The zero-order valence-corrected chi connectivity index (χ0v) is 12.2. The number of carbonyl (C=O) groups is 1. The summed E-state index contributed by atoms with van der Waals surface area (Å²) in [6.07, 6.45) is 3.28. The number of nitrogens with one attached hydrogen (secondary N) is 2. The number of rotatable bonds is 8. The van der Waals surface area contributed by atoms with Gasteiger partial charge in [-0.2, -0.15) is 0 Å². The quantitative estimate of drug-likeness (QED) is 0.685. The summed E-state index contributed by atoms with van der Waals surface area (Å²) >= 11 is 0. The van der Waals surface area contributed by atoms with Gasteiger partial charge < -0.3 is 15.5 Å². The van der Waals surface area contributed by atoms with Gasteiger partial charge in [0, 0.05) is 12.6 Å². The maximum Gasteiger partial charge on any atom is 0.234 e. The maximum atomic E-state index is 11.7. The van der Waals surface area contributed by atoms with E-state index in [2.05, 4.69) is 36.3 Å². The number of hydrogen-bond donors (Lipinski definition) is 2. The molecule has 1 aliphatic heterocycles. The molecule has 0 aliphatic carbocycles. The Bertz CT molecular complexity index is 241. The van der Waals surface area contributed by atoms with E-state index in [4.69, 9.17) is 0 Å². The second-order valence-electron chi connectivity index (χ2n) is 5.26. The van der Waals surface area contributed by atoms with Crippen LogP contribution in [0.15, 0.2) is 0 Å². The van der Waals surface area contributed by atoms with E-state index < -0.39 is 0 Å². The molecular weight excluding hydrogens is 226 g/mol. The van der Waals surface area contributed by atoms with Crippen LogP contribution in [0.4, 0.5) is 0 Å². The van der Waals surface area contributed by atoms with Crippen molar-refractivity contribution in [2.24, 2.45) is 5.92 Å². The highest BCUT2D eigenvalue weighted by molar-refractivity contribution is 5.78. The molecule has 0 bridgehead atoms. The van der Waals surface area contributed by atoms with Crippen molar-refractivity contribution in [3.05, 3.63) is 0 Å². The van der Waals surface area contributed by atoms with Crippen molar-refractivity contribution < 1.29 is 4.79 Å². The predicted molar refractivity (Wildman–Crippen MR) is 75.6 cm³/mol. The summed E-state index contributed by atoms with van der Waals surface area (Å²) in [5, 5.41) is 6.34. The van der Waals surface area contributed by atoms with Crippen LogP contribution in [0, 0.1) is 5.92 Å². The summed E-state index contributed by atoms with van der Waals surface area (Å²) in [5.41, 5.74) is 0. The average molecular weight is 255 g/mol. The molecule has 1 rings (SSSR count). The molecule has 1 aliphatic rings. The third-order valence-corrected chi connectivity index (χ3v) is 3.89. The summed E-state index contributed by atoms with van der Waals surface area (Å²) in [5.74, 6) is 0.847. The van der Waals surface area contributed by atoms with Crippen molar-refractivity contribution in [1.82, 2.24) is 15.5 Å². The highest BCUT2D eigenvalue weighted by atomic mass is 16.1. The SMILES string of the molecule is CCC(CC)NC(=O)CNCC1CCN(CC)C1. The Kier molecular flexibility index (Phi) is 7.28. The normalized spacial score (nSPS) is 20.6. The molecule has 1 amide bonds. The highest BCUT2D eigenvalue weighted by Gasteiger charge is 2.20. The Morgan fingerprint density at radius 3 is 2.61 bits per heavy atom. The van der Waals surface area contributed by atoms with Crippen LogP contribution < -0.4 is 10.6 Å². The standard InChI is InChI=1S/C14H29N3O/c1-4-13(5-2)16-14(18)10-15-9-12-7-8-17(6-3)11-12/h12-13,15H,4-11H2,1-3H3,(H,16,18). The van der Waals surface area contributed by atoms with Crippen LogP contribution in [0.2, 0.25) is 0 Å². The van der Waals surface area contributed by atoms with Crippen LogP contribution in [0.1, 0.15) is 40.0 Å². The lowest BCUT2D eigenvalue weighted by Crippen LogP contribution is -2.41. The second kappa shape index (κ2) is 8.48. The molecule has 1 heterocycles. The van der Waals surface area contributed by atoms with E-state index in [1.54, 1.807) is 0 Å². The molecule has 0 saturated carbocycles. The first-order valence-corrected chi connectivity index (χ1v) is 7.41. The van der Waals surface area contributed by atoms with Gasteiger partial charge in [-0.3, -0.25) is 4.79 Å². The van der Waals surface area contributed by atoms with Gasteiger partial charge in [0.25, 0.3) is 0 Å². The molecule has 1 fully saturated rings. The van der Waals surface area contributed by atoms with Gasteiger partial charge >= 0.3 is 0 Å². The lowest BCUT2D eigenvalue weighted by atomic mass is 10.1. The van der Waals surface area contributed by atoms with Gasteiger partial charge in [0.15, 0.2) is 0 Å². The predicted octanol–water partition coefficient (Wildman–Crippen LogP) is 1.22. The molecule has 2 N–H and O–H groups in total. The van der Waals surface area contributed by atoms with Crippen LogP contribution in [0.3, 0.4) is 0 Å². The van der Waals surface area contributed by atoms with Crippen molar-refractivity contribution in [3.63, 3.8) is 0 Å². The van der Waals surface area contributed by atoms with Crippen molar-refractivity contribution in [3.8, 4) is 0 Å². The van der Waals surface area contributed by atoms with Gasteiger partial charge in [-0.1, -0.05) is 20.8 Å². The van der Waals surface area contributed by atoms with Crippen LogP contribution in [0.25, 0.3) is 0 Å². The zero-order chi connectivity index (χ0) is 13.4.